The van der Waals surface area contributed by atoms with Crippen molar-refractivity contribution in [2.24, 2.45) is 5.92 Å². The van der Waals surface area contributed by atoms with E-state index >= 15 is 0 Å². The molecule has 2 amide bonds. The molecule has 1 N–H and O–H groups in total. The molecule has 3 rings (SSSR count). The van der Waals surface area contributed by atoms with Crippen molar-refractivity contribution < 1.29 is 23.8 Å². The summed E-state index contributed by atoms with van der Waals surface area (Å²) >= 11 is 1.70. The molecule has 2 unspecified atom stereocenters. The predicted molar refractivity (Wildman–Crippen MR) is 123 cm³/mol. The van der Waals surface area contributed by atoms with Gasteiger partial charge in [0, 0.05) is 11.8 Å². The SMILES string of the molecule is CCCCOC(=O)C1CSC(C2CCCCC2)N1C(=O)Nc1ccc(OC)cc1OC. The Labute approximate surface area is 189 Å². The van der Waals surface area contributed by atoms with Gasteiger partial charge < -0.3 is 19.5 Å². The van der Waals surface area contributed by atoms with Crippen molar-refractivity contribution in [1.82, 2.24) is 4.90 Å². The molecule has 7 nitrogen and oxygen atoms in total. The van der Waals surface area contributed by atoms with Crippen molar-refractivity contribution in [2.45, 2.75) is 63.3 Å². The number of urea groups is 1. The van der Waals surface area contributed by atoms with Gasteiger partial charge in [-0.15, -0.1) is 11.8 Å². The number of anilines is 1. The van der Waals surface area contributed by atoms with E-state index in [-0.39, 0.29) is 17.4 Å². The van der Waals surface area contributed by atoms with Crippen LogP contribution in [0.5, 0.6) is 11.5 Å². The molecular weight excluding hydrogens is 416 g/mol. The normalized spacial score (nSPS) is 21.6. The number of carbonyl (C=O) groups is 2. The predicted octanol–water partition coefficient (Wildman–Crippen LogP) is 4.90. The van der Waals surface area contributed by atoms with Crippen LogP contribution in [0.1, 0.15) is 51.9 Å². The van der Waals surface area contributed by atoms with Gasteiger partial charge in [-0.05, 0) is 37.3 Å². The Bertz CT molecular complexity index is 753. The number of rotatable bonds is 8. The van der Waals surface area contributed by atoms with Crippen LogP contribution in [0, 0.1) is 5.92 Å². The molecule has 31 heavy (non-hydrogen) atoms. The lowest BCUT2D eigenvalue weighted by molar-refractivity contribution is -0.148. The van der Waals surface area contributed by atoms with Crippen LogP contribution in [0.15, 0.2) is 18.2 Å². The number of nitrogens with one attached hydrogen (secondary N) is 1. The van der Waals surface area contributed by atoms with Crippen LogP contribution in [0.4, 0.5) is 10.5 Å². The highest BCUT2D eigenvalue weighted by Gasteiger charge is 2.46. The Hall–Kier alpha value is -2.09. The van der Waals surface area contributed by atoms with Crippen molar-refractivity contribution in [3.63, 3.8) is 0 Å². The molecule has 0 radical (unpaired) electrons. The van der Waals surface area contributed by atoms with Gasteiger partial charge in [-0.1, -0.05) is 32.6 Å². The first-order valence-corrected chi connectivity index (χ1v) is 12.2. The van der Waals surface area contributed by atoms with E-state index in [4.69, 9.17) is 14.2 Å². The third-order valence-electron chi connectivity index (χ3n) is 5.99. The molecule has 2 atom stereocenters. The Morgan fingerprint density at radius 1 is 1.16 bits per heavy atom. The molecular formula is C23H34N2O5S. The lowest BCUT2D eigenvalue weighted by atomic mass is 9.88. The number of carbonyl (C=O) groups excluding carboxylic acids is 2. The van der Waals surface area contributed by atoms with E-state index in [1.165, 1.54) is 19.3 Å². The third kappa shape index (κ3) is 5.79. The average molecular weight is 451 g/mol. The molecule has 0 aromatic heterocycles. The summed E-state index contributed by atoms with van der Waals surface area (Å²) in [6.45, 7) is 2.45. The maximum Gasteiger partial charge on any atom is 0.329 e. The number of ether oxygens (including phenoxy) is 3. The second-order valence-corrected chi connectivity index (χ2v) is 9.21. The molecule has 1 saturated carbocycles. The van der Waals surface area contributed by atoms with Gasteiger partial charge in [0.05, 0.1) is 31.9 Å². The Balaban J connectivity index is 1.80. The molecule has 1 aromatic carbocycles. The van der Waals surface area contributed by atoms with Crippen LogP contribution in [0.25, 0.3) is 0 Å². The van der Waals surface area contributed by atoms with Crippen LogP contribution in [0.3, 0.4) is 0 Å². The number of unbranched alkanes of at least 4 members (excludes halogenated alkanes) is 1. The van der Waals surface area contributed by atoms with Gasteiger partial charge in [-0.2, -0.15) is 0 Å². The number of amides is 2. The van der Waals surface area contributed by atoms with E-state index in [0.717, 1.165) is 25.7 Å². The lowest BCUT2D eigenvalue weighted by Gasteiger charge is -2.35. The van der Waals surface area contributed by atoms with Crippen molar-refractivity contribution in [3.05, 3.63) is 18.2 Å². The Morgan fingerprint density at radius 2 is 1.94 bits per heavy atom. The van der Waals surface area contributed by atoms with Crippen LogP contribution in [0.2, 0.25) is 0 Å². The van der Waals surface area contributed by atoms with Gasteiger partial charge in [0.1, 0.15) is 17.5 Å². The second-order valence-electron chi connectivity index (χ2n) is 8.06. The first kappa shape index (κ1) is 23.6. The third-order valence-corrected chi connectivity index (χ3v) is 7.45. The highest BCUT2D eigenvalue weighted by atomic mass is 32.2. The zero-order valence-electron chi connectivity index (χ0n) is 18.7. The molecule has 8 heteroatoms. The zero-order valence-corrected chi connectivity index (χ0v) is 19.5. The van der Waals surface area contributed by atoms with Crippen molar-refractivity contribution >= 4 is 29.4 Å². The first-order chi connectivity index (χ1) is 15.1. The summed E-state index contributed by atoms with van der Waals surface area (Å²) in [5.41, 5.74) is 0.547. The zero-order chi connectivity index (χ0) is 22.2. The van der Waals surface area contributed by atoms with E-state index in [2.05, 4.69) is 12.2 Å². The van der Waals surface area contributed by atoms with E-state index in [1.807, 2.05) is 0 Å². The van der Waals surface area contributed by atoms with Crippen molar-refractivity contribution in [1.29, 1.82) is 0 Å². The fourth-order valence-corrected chi connectivity index (χ4v) is 5.87. The van der Waals surface area contributed by atoms with Crippen molar-refractivity contribution in [3.8, 4) is 11.5 Å². The van der Waals surface area contributed by atoms with Gasteiger partial charge >= 0.3 is 12.0 Å². The van der Waals surface area contributed by atoms with Gasteiger partial charge in [0.15, 0.2) is 0 Å². The molecule has 1 heterocycles. The number of hydrogen-bond acceptors (Lipinski definition) is 6. The fraction of sp³-hybridized carbons (Fsp3) is 0.652. The molecule has 172 valence electrons. The molecule has 0 spiro atoms. The molecule has 2 aliphatic rings. The minimum Gasteiger partial charge on any atom is -0.497 e. The van der Waals surface area contributed by atoms with E-state index < -0.39 is 6.04 Å². The largest absolute Gasteiger partial charge is 0.497 e. The summed E-state index contributed by atoms with van der Waals surface area (Å²) in [7, 11) is 3.13. The Morgan fingerprint density at radius 3 is 2.61 bits per heavy atom. The van der Waals surface area contributed by atoms with Gasteiger partial charge in [0.2, 0.25) is 0 Å². The van der Waals surface area contributed by atoms with Crippen LogP contribution >= 0.6 is 11.8 Å². The summed E-state index contributed by atoms with van der Waals surface area (Å²) in [5.74, 6) is 1.81. The topological polar surface area (TPSA) is 77.1 Å². The highest BCUT2D eigenvalue weighted by molar-refractivity contribution is 8.00. The Kier molecular flexibility index (Phi) is 8.75. The highest BCUT2D eigenvalue weighted by Crippen LogP contribution is 2.41. The fourth-order valence-electron chi connectivity index (χ4n) is 4.24. The molecule has 1 saturated heterocycles. The molecule has 1 aliphatic carbocycles. The van der Waals surface area contributed by atoms with Gasteiger partial charge in [-0.3, -0.25) is 4.90 Å². The second kappa shape index (κ2) is 11.5. The van der Waals surface area contributed by atoms with Crippen LogP contribution in [-0.4, -0.2) is 54.9 Å². The smallest absolute Gasteiger partial charge is 0.329 e. The summed E-state index contributed by atoms with van der Waals surface area (Å²) in [4.78, 5) is 28.0. The first-order valence-electron chi connectivity index (χ1n) is 11.2. The number of thioether (sulfide) groups is 1. The number of esters is 1. The summed E-state index contributed by atoms with van der Waals surface area (Å²) < 4.78 is 16.2. The maximum absolute atomic E-state index is 13.4. The maximum atomic E-state index is 13.4. The quantitative estimate of drug-likeness (QED) is 0.448. The summed E-state index contributed by atoms with van der Waals surface area (Å²) in [6.07, 6.45) is 7.55. The van der Waals surface area contributed by atoms with Gasteiger partial charge in [0.25, 0.3) is 0 Å². The summed E-state index contributed by atoms with van der Waals surface area (Å²) in [5, 5.41) is 2.94. The van der Waals surface area contributed by atoms with Crippen LogP contribution in [-0.2, 0) is 9.53 Å². The number of nitrogens with zero attached hydrogens (tertiary/aromatic N) is 1. The van der Waals surface area contributed by atoms with E-state index in [9.17, 15) is 9.59 Å². The average Bonchev–Trinajstić information content (AvgIpc) is 3.25. The number of benzene rings is 1. The summed E-state index contributed by atoms with van der Waals surface area (Å²) in [6, 6.07) is 4.39. The minimum absolute atomic E-state index is 0.0201. The molecule has 1 aromatic rings. The lowest BCUT2D eigenvalue weighted by Crippen LogP contribution is -2.50. The molecule has 0 bridgehead atoms. The van der Waals surface area contributed by atoms with E-state index in [1.54, 1.807) is 49.1 Å². The number of methoxy groups -OCH3 is 2. The monoisotopic (exact) mass is 450 g/mol. The van der Waals surface area contributed by atoms with Crippen LogP contribution < -0.4 is 14.8 Å². The molecule has 2 fully saturated rings. The molecule has 1 aliphatic heterocycles. The standard InChI is InChI=1S/C23H34N2O5S/c1-4-5-13-30-22(26)19-15-31-21(16-9-7-6-8-10-16)25(19)23(27)24-18-12-11-17(28-2)14-20(18)29-3/h11-12,14,16,19,21H,4-10,13,15H2,1-3H3,(H,24,27). The minimum atomic E-state index is -0.571. The number of hydrogen-bond donors (Lipinski definition) is 1. The van der Waals surface area contributed by atoms with E-state index in [0.29, 0.717) is 35.5 Å². The van der Waals surface area contributed by atoms with Crippen molar-refractivity contribution in [2.75, 3.05) is 31.9 Å². The van der Waals surface area contributed by atoms with Gasteiger partial charge in [-0.25, -0.2) is 9.59 Å².